The van der Waals surface area contributed by atoms with Crippen LogP contribution in [0.15, 0.2) is 46.0 Å². The summed E-state index contributed by atoms with van der Waals surface area (Å²) in [5, 5.41) is 3.12. The van der Waals surface area contributed by atoms with Crippen LogP contribution in [0, 0.1) is 12.8 Å². The van der Waals surface area contributed by atoms with Gasteiger partial charge < -0.3 is 15.3 Å². The number of carbonyl (C=O) groups excluding carboxylic acids is 1. The summed E-state index contributed by atoms with van der Waals surface area (Å²) < 4.78 is 0. The Hall–Kier alpha value is -3.15. The fourth-order valence-corrected chi connectivity index (χ4v) is 3.66. The molecule has 1 heterocycles. The number of carbonyl (C=O) groups is 1. The minimum absolute atomic E-state index is 0.0391. The van der Waals surface area contributed by atoms with Crippen LogP contribution in [-0.2, 0) is 6.42 Å². The molecule has 1 aromatic heterocycles. The van der Waals surface area contributed by atoms with Crippen molar-refractivity contribution in [2.45, 2.75) is 26.3 Å². The number of hydrogen-bond donors (Lipinski definition) is 3. The second-order valence-corrected chi connectivity index (χ2v) is 7.00. The van der Waals surface area contributed by atoms with Crippen molar-refractivity contribution in [2.24, 2.45) is 5.92 Å². The van der Waals surface area contributed by atoms with Gasteiger partial charge in [0, 0.05) is 5.56 Å². The number of amides is 1. The maximum absolute atomic E-state index is 12.8. The van der Waals surface area contributed by atoms with Crippen LogP contribution < -0.4 is 16.4 Å². The van der Waals surface area contributed by atoms with Crippen LogP contribution in [0.5, 0.6) is 0 Å². The van der Waals surface area contributed by atoms with Gasteiger partial charge in [-0.25, -0.2) is 0 Å². The zero-order valence-corrected chi connectivity index (χ0v) is 14.6. The zero-order valence-electron chi connectivity index (χ0n) is 14.6. The van der Waals surface area contributed by atoms with Crippen molar-refractivity contribution in [1.82, 2.24) is 15.3 Å². The average Bonchev–Trinajstić information content (AvgIpc) is 2.90. The van der Waals surface area contributed by atoms with E-state index in [1.807, 2.05) is 6.92 Å². The number of nitrogens with one attached hydrogen (secondary N) is 3. The van der Waals surface area contributed by atoms with Gasteiger partial charge in [-0.2, -0.15) is 0 Å². The van der Waals surface area contributed by atoms with Gasteiger partial charge in [-0.05, 0) is 48.6 Å². The summed E-state index contributed by atoms with van der Waals surface area (Å²) in [7, 11) is 0. The Morgan fingerprint density at radius 2 is 1.77 bits per heavy atom. The van der Waals surface area contributed by atoms with Gasteiger partial charge in [-0.15, -0.1) is 0 Å². The summed E-state index contributed by atoms with van der Waals surface area (Å²) >= 11 is 0. The molecule has 4 rings (SSSR count). The highest BCUT2D eigenvalue weighted by Gasteiger charge is 2.30. The molecule has 1 aliphatic carbocycles. The summed E-state index contributed by atoms with van der Waals surface area (Å²) in [6.45, 7) is 4.17. The number of benzene rings is 2. The van der Waals surface area contributed by atoms with E-state index in [4.69, 9.17) is 0 Å². The minimum Gasteiger partial charge on any atom is -0.345 e. The summed E-state index contributed by atoms with van der Waals surface area (Å²) in [4.78, 5) is 40.6. The molecule has 0 aliphatic heterocycles. The first-order chi connectivity index (χ1) is 12.4. The van der Waals surface area contributed by atoms with Crippen molar-refractivity contribution < 1.29 is 4.79 Å². The third-order valence-electron chi connectivity index (χ3n) is 5.02. The van der Waals surface area contributed by atoms with Crippen molar-refractivity contribution >= 4 is 16.9 Å². The Labute approximate surface area is 149 Å². The summed E-state index contributed by atoms with van der Waals surface area (Å²) in [5.74, 6) is 0.109. The average molecular weight is 349 g/mol. The zero-order chi connectivity index (χ0) is 18.4. The number of aryl methyl sites for hydroxylation is 1. The number of rotatable bonds is 2. The molecule has 0 spiro atoms. The molecule has 2 atom stereocenters. The predicted molar refractivity (Wildman–Crippen MR) is 99.4 cm³/mol. The van der Waals surface area contributed by atoms with Crippen LogP contribution in [0.3, 0.4) is 0 Å². The van der Waals surface area contributed by atoms with Gasteiger partial charge in [0.05, 0.1) is 17.1 Å². The first-order valence-corrected chi connectivity index (χ1v) is 8.59. The normalized spacial score (nSPS) is 18.7. The van der Waals surface area contributed by atoms with Crippen LogP contribution in [-0.4, -0.2) is 15.9 Å². The molecule has 1 aliphatic rings. The Balaban J connectivity index is 1.66. The van der Waals surface area contributed by atoms with E-state index >= 15 is 0 Å². The third kappa shape index (κ3) is 2.73. The monoisotopic (exact) mass is 349 g/mol. The van der Waals surface area contributed by atoms with Crippen molar-refractivity contribution in [3.63, 3.8) is 0 Å². The minimum atomic E-state index is -0.733. The quantitative estimate of drug-likeness (QED) is 0.619. The molecular formula is C20H19N3O3. The molecule has 3 N–H and O–H groups in total. The number of fused-ring (bicyclic) bond motifs is 2. The summed E-state index contributed by atoms with van der Waals surface area (Å²) in [5.41, 5.74) is 3.53. The van der Waals surface area contributed by atoms with Crippen LogP contribution in [0.2, 0.25) is 0 Å². The van der Waals surface area contributed by atoms with Gasteiger partial charge in [0.15, 0.2) is 0 Å². The maximum Gasteiger partial charge on any atom is 0.314 e. The van der Waals surface area contributed by atoms with E-state index in [2.05, 4.69) is 40.4 Å². The van der Waals surface area contributed by atoms with Crippen molar-refractivity contribution in [3.05, 3.63) is 79.4 Å². The molecule has 0 bridgehead atoms. The molecular weight excluding hydrogens is 330 g/mol. The van der Waals surface area contributed by atoms with E-state index in [1.165, 1.54) is 16.7 Å². The molecule has 1 amide bonds. The fraction of sp³-hybridized carbons (Fsp3) is 0.250. The first-order valence-electron chi connectivity index (χ1n) is 8.59. The molecule has 132 valence electrons. The molecule has 26 heavy (non-hydrogen) atoms. The Kier molecular flexibility index (Phi) is 3.76. The summed E-state index contributed by atoms with van der Waals surface area (Å²) in [6, 6.07) is 11.2. The van der Waals surface area contributed by atoms with Crippen LogP contribution in [0.1, 0.15) is 40.0 Å². The molecule has 0 fully saturated rings. The Morgan fingerprint density at radius 1 is 1.04 bits per heavy atom. The topological polar surface area (TPSA) is 94.8 Å². The first kappa shape index (κ1) is 16.3. The molecule has 0 unspecified atom stereocenters. The molecule has 6 nitrogen and oxygen atoms in total. The van der Waals surface area contributed by atoms with Crippen LogP contribution >= 0.6 is 0 Å². The molecule has 3 aromatic rings. The largest absolute Gasteiger partial charge is 0.345 e. The Morgan fingerprint density at radius 3 is 2.54 bits per heavy atom. The highest BCUT2D eigenvalue weighted by Crippen LogP contribution is 2.36. The molecule has 0 radical (unpaired) electrons. The van der Waals surface area contributed by atoms with Crippen LogP contribution in [0.25, 0.3) is 11.0 Å². The third-order valence-corrected chi connectivity index (χ3v) is 5.02. The van der Waals surface area contributed by atoms with E-state index in [0.29, 0.717) is 22.5 Å². The summed E-state index contributed by atoms with van der Waals surface area (Å²) in [6.07, 6.45) is 0.937. The van der Waals surface area contributed by atoms with E-state index in [1.54, 1.807) is 18.2 Å². The van der Waals surface area contributed by atoms with Crippen LogP contribution in [0.4, 0.5) is 0 Å². The molecule has 0 saturated carbocycles. The van der Waals surface area contributed by atoms with E-state index in [0.717, 1.165) is 6.42 Å². The SMILES string of the molecule is Cc1ccc2c(c1)[C@H](NC(=O)c1ccc3[nH]c(=O)c(=O)[nH]c3c1)[C@H](C)C2. The second-order valence-electron chi connectivity index (χ2n) is 7.00. The number of aromatic amines is 2. The van der Waals surface area contributed by atoms with Crippen molar-refractivity contribution in [1.29, 1.82) is 0 Å². The number of aromatic nitrogens is 2. The maximum atomic E-state index is 12.8. The number of hydrogen-bond acceptors (Lipinski definition) is 3. The lowest BCUT2D eigenvalue weighted by Crippen LogP contribution is -2.31. The highest BCUT2D eigenvalue weighted by molar-refractivity contribution is 5.97. The lowest BCUT2D eigenvalue weighted by molar-refractivity contribution is 0.0927. The number of H-pyrrole nitrogens is 2. The van der Waals surface area contributed by atoms with E-state index < -0.39 is 11.1 Å². The second kappa shape index (κ2) is 5.98. The predicted octanol–water partition coefficient (Wildman–Crippen LogP) is 2.19. The van der Waals surface area contributed by atoms with Gasteiger partial charge in [0.2, 0.25) is 0 Å². The van der Waals surface area contributed by atoms with Gasteiger partial charge in [-0.1, -0.05) is 30.7 Å². The standard InChI is InChI=1S/C20H19N3O3/c1-10-3-4-12-8-11(2)17(14(12)7-10)23-18(24)13-5-6-15-16(9-13)22-20(26)19(25)21-15/h3-7,9,11,17H,8H2,1-2H3,(H,21,25)(H,22,26)(H,23,24)/t11-,17-/m1/s1. The van der Waals surface area contributed by atoms with Gasteiger partial charge in [-0.3, -0.25) is 14.4 Å². The van der Waals surface area contributed by atoms with E-state index in [-0.39, 0.29) is 11.9 Å². The highest BCUT2D eigenvalue weighted by atomic mass is 16.2. The lowest BCUT2D eigenvalue weighted by Gasteiger charge is -2.19. The molecule has 6 heteroatoms. The Bertz CT molecular complexity index is 1140. The molecule has 2 aromatic carbocycles. The molecule has 0 saturated heterocycles. The van der Waals surface area contributed by atoms with Gasteiger partial charge in [0.25, 0.3) is 5.91 Å². The fourth-order valence-electron chi connectivity index (χ4n) is 3.66. The van der Waals surface area contributed by atoms with Crippen molar-refractivity contribution in [2.75, 3.05) is 0 Å². The van der Waals surface area contributed by atoms with E-state index in [9.17, 15) is 14.4 Å². The van der Waals surface area contributed by atoms with Gasteiger partial charge in [0.1, 0.15) is 0 Å². The van der Waals surface area contributed by atoms with Gasteiger partial charge >= 0.3 is 11.1 Å². The lowest BCUT2D eigenvalue weighted by atomic mass is 10.0. The smallest absolute Gasteiger partial charge is 0.314 e. The van der Waals surface area contributed by atoms with Crippen molar-refractivity contribution in [3.8, 4) is 0 Å².